The summed E-state index contributed by atoms with van der Waals surface area (Å²) in [6.45, 7) is 8.41. The van der Waals surface area contributed by atoms with E-state index in [1.807, 2.05) is 6.92 Å². The van der Waals surface area contributed by atoms with Crippen molar-refractivity contribution in [3.05, 3.63) is 29.8 Å². The van der Waals surface area contributed by atoms with Gasteiger partial charge in [-0.15, -0.1) is 0 Å². The summed E-state index contributed by atoms with van der Waals surface area (Å²) in [5, 5.41) is 24.8. The van der Waals surface area contributed by atoms with Crippen LogP contribution in [0.2, 0.25) is 0 Å². The first kappa shape index (κ1) is 32.7. The second kappa shape index (κ2) is 16.5. The van der Waals surface area contributed by atoms with E-state index in [9.17, 15) is 29.4 Å². The Bertz CT molecular complexity index is 899. The van der Waals surface area contributed by atoms with Gasteiger partial charge in [0.25, 0.3) is 0 Å². The predicted octanol–water partition coefficient (Wildman–Crippen LogP) is 2.80. The highest BCUT2D eigenvalue weighted by molar-refractivity contribution is 5.92. The molecule has 0 aliphatic heterocycles. The molecule has 0 saturated heterocycles. The molecule has 0 aromatic heterocycles. The van der Waals surface area contributed by atoms with Crippen molar-refractivity contribution in [1.82, 2.24) is 15.5 Å². The van der Waals surface area contributed by atoms with Crippen LogP contribution in [0.4, 0.5) is 4.79 Å². The van der Waals surface area contributed by atoms with Crippen LogP contribution in [0, 0.1) is 0 Å². The maximum absolute atomic E-state index is 13.7. The number of benzene rings is 1. The summed E-state index contributed by atoms with van der Waals surface area (Å²) < 4.78 is 10.1. The molecule has 0 aliphatic carbocycles. The van der Waals surface area contributed by atoms with Crippen LogP contribution in [0.1, 0.15) is 78.3 Å². The third-order valence-electron chi connectivity index (χ3n) is 5.41. The average molecular weight is 538 g/mol. The van der Waals surface area contributed by atoms with Crippen molar-refractivity contribution < 1.29 is 38.9 Å². The summed E-state index contributed by atoms with van der Waals surface area (Å²) in [7, 11) is 0. The topological polar surface area (TPSA) is 154 Å². The number of nitrogens with one attached hydrogen (secondary N) is 2. The lowest BCUT2D eigenvalue weighted by Crippen LogP contribution is -2.54. The van der Waals surface area contributed by atoms with Crippen molar-refractivity contribution in [3.8, 4) is 5.75 Å². The summed E-state index contributed by atoms with van der Waals surface area (Å²) in [5.41, 5.74) is -0.408. The summed E-state index contributed by atoms with van der Waals surface area (Å²) >= 11 is 0. The molecule has 2 unspecified atom stereocenters. The van der Waals surface area contributed by atoms with Crippen LogP contribution in [-0.2, 0) is 23.9 Å². The molecule has 0 spiro atoms. The number of esters is 1. The maximum atomic E-state index is 13.7. The molecule has 2 atom stereocenters. The normalized spacial score (nSPS) is 12.7. The van der Waals surface area contributed by atoms with E-state index in [2.05, 4.69) is 10.6 Å². The van der Waals surface area contributed by atoms with Crippen LogP contribution >= 0.6 is 0 Å². The Hall–Kier alpha value is -3.34. The van der Waals surface area contributed by atoms with Gasteiger partial charge in [-0.3, -0.25) is 14.4 Å². The van der Waals surface area contributed by atoms with E-state index in [4.69, 9.17) is 9.47 Å². The number of rotatable bonds is 15. The van der Waals surface area contributed by atoms with Crippen molar-refractivity contribution in [3.63, 3.8) is 0 Å². The van der Waals surface area contributed by atoms with Gasteiger partial charge in [-0.05, 0) is 51.8 Å². The van der Waals surface area contributed by atoms with Gasteiger partial charge in [0.1, 0.15) is 23.4 Å². The number of carbonyl (C=O) groups excluding carboxylic acids is 4. The Morgan fingerprint density at radius 3 is 2.24 bits per heavy atom. The van der Waals surface area contributed by atoms with Crippen molar-refractivity contribution in [2.75, 3.05) is 26.3 Å². The van der Waals surface area contributed by atoms with Gasteiger partial charge in [0, 0.05) is 13.1 Å². The number of nitrogens with zero attached hydrogens (tertiary/aromatic N) is 1. The number of aliphatic hydroxyl groups is 1. The number of alkyl carbamates (subject to hydrolysis) is 1. The number of phenolic OH excluding ortho intramolecular Hbond substituents is 1. The average Bonchev–Trinajstić information content (AvgIpc) is 2.84. The van der Waals surface area contributed by atoms with E-state index in [-0.39, 0.29) is 31.9 Å². The Kier molecular flexibility index (Phi) is 14.2. The second-order valence-electron chi connectivity index (χ2n) is 9.81. The van der Waals surface area contributed by atoms with Gasteiger partial charge in [0.15, 0.2) is 0 Å². The molecule has 4 N–H and O–H groups in total. The number of amides is 3. The third kappa shape index (κ3) is 11.8. The van der Waals surface area contributed by atoms with Crippen LogP contribution in [-0.4, -0.2) is 76.9 Å². The summed E-state index contributed by atoms with van der Waals surface area (Å²) in [5.74, 6) is -1.72. The van der Waals surface area contributed by atoms with Gasteiger partial charge in [0.05, 0.1) is 19.6 Å². The second-order valence-corrected chi connectivity index (χ2v) is 9.81. The first-order valence-corrected chi connectivity index (χ1v) is 13.1. The van der Waals surface area contributed by atoms with E-state index in [1.54, 1.807) is 27.7 Å². The van der Waals surface area contributed by atoms with Crippen LogP contribution in [0.5, 0.6) is 5.75 Å². The van der Waals surface area contributed by atoms with Crippen LogP contribution < -0.4 is 10.6 Å². The number of ether oxygens (including phenoxy) is 2. The first-order chi connectivity index (χ1) is 17.9. The summed E-state index contributed by atoms with van der Waals surface area (Å²) in [6, 6.07) is 3.33. The van der Waals surface area contributed by atoms with Crippen molar-refractivity contribution in [2.45, 2.75) is 84.4 Å². The minimum absolute atomic E-state index is 0.0102. The minimum atomic E-state index is -1.36. The molecule has 0 saturated carbocycles. The van der Waals surface area contributed by atoms with Crippen LogP contribution in [0.15, 0.2) is 24.3 Å². The number of hydrogen-bond donors (Lipinski definition) is 4. The lowest BCUT2D eigenvalue weighted by atomic mass is 10.0. The number of aromatic hydroxyl groups is 1. The maximum Gasteiger partial charge on any atom is 0.408 e. The van der Waals surface area contributed by atoms with Crippen molar-refractivity contribution in [2.24, 2.45) is 0 Å². The SMILES string of the molecule is CCCCCCN(C(=O)C(CO)NC(=O)OC(C)(C)C)C(C(=O)NCCC(=O)OCC)c1ccc(O)cc1. The predicted molar refractivity (Wildman–Crippen MR) is 141 cm³/mol. The third-order valence-corrected chi connectivity index (χ3v) is 5.41. The number of unbranched alkanes of at least 4 members (excludes halogenated alkanes) is 3. The Morgan fingerprint density at radius 2 is 1.68 bits per heavy atom. The van der Waals surface area contributed by atoms with E-state index in [1.165, 1.54) is 29.2 Å². The molecule has 0 heterocycles. The highest BCUT2D eigenvalue weighted by Crippen LogP contribution is 2.25. The lowest BCUT2D eigenvalue weighted by Gasteiger charge is -2.34. The molecular weight excluding hydrogens is 494 g/mol. The molecule has 0 fully saturated rings. The quantitative estimate of drug-likeness (QED) is 0.197. The molecular formula is C27H43N3O8. The number of hydrogen-bond acceptors (Lipinski definition) is 8. The van der Waals surface area contributed by atoms with Crippen LogP contribution in [0.25, 0.3) is 0 Å². The fraction of sp³-hybridized carbons (Fsp3) is 0.630. The molecule has 3 amide bonds. The van der Waals surface area contributed by atoms with Gasteiger partial charge >= 0.3 is 12.1 Å². The molecule has 0 aliphatic rings. The molecule has 0 bridgehead atoms. The van der Waals surface area contributed by atoms with E-state index >= 15 is 0 Å². The van der Waals surface area contributed by atoms with E-state index in [0.717, 1.165) is 19.3 Å². The monoisotopic (exact) mass is 537 g/mol. The molecule has 1 aromatic carbocycles. The molecule has 1 rings (SSSR count). The smallest absolute Gasteiger partial charge is 0.408 e. The summed E-state index contributed by atoms with van der Waals surface area (Å²) in [6.07, 6.45) is 2.34. The molecule has 11 heteroatoms. The highest BCUT2D eigenvalue weighted by atomic mass is 16.6. The number of phenols is 1. The van der Waals surface area contributed by atoms with Crippen LogP contribution in [0.3, 0.4) is 0 Å². The fourth-order valence-electron chi connectivity index (χ4n) is 3.66. The highest BCUT2D eigenvalue weighted by Gasteiger charge is 2.36. The Balaban J connectivity index is 3.30. The molecule has 1 aromatic rings. The van der Waals surface area contributed by atoms with Gasteiger partial charge in [-0.25, -0.2) is 4.79 Å². The van der Waals surface area contributed by atoms with Crippen molar-refractivity contribution in [1.29, 1.82) is 0 Å². The first-order valence-electron chi connectivity index (χ1n) is 13.1. The summed E-state index contributed by atoms with van der Waals surface area (Å²) in [4.78, 5) is 52.5. The van der Waals surface area contributed by atoms with Gasteiger partial charge in [-0.1, -0.05) is 38.3 Å². The van der Waals surface area contributed by atoms with Gasteiger partial charge in [0.2, 0.25) is 11.8 Å². The molecule has 11 nitrogen and oxygen atoms in total. The largest absolute Gasteiger partial charge is 0.508 e. The zero-order chi connectivity index (χ0) is 28.7. The number of aliphatic hydroxyl groups excluding tert-OH is 1. The lowest BCUT2D eigenvalue weighted by molar-refractivity contribution is -0.144. The fourth-order valence-corrected chi connectivity index (χ4v) is 3.66. The molecule has 0 radical (unpaired) electrons. The molecule has 38 heavy (non-hydrogen) atoms. The zero-order valence-electron chi connectivity index (χ0n) is 23.1. The Morgan fingerprint density at radius 1 is 1.03 bits per heavy atom. The van der Waals surface area contributed by atoms with Gasteiger partial charge < -0.3 is 35.2 Å². The van der Waals surface area contributed by atoms with E-state index < -0.39 is 48.2 Å². The minimum Gasteiger partial charge on any atom is -0.508 e. The standard InChI is InChI=1S/C27H43N3O8/c1-6-8-9-10-17-30(25(35)21(18-31)29-26(36)38-27(3,4)5)23(19-11-13-20(32)14-12-19)24(34)28-16-15-22(33)37-7-2/h11-14,21,23,31-32H,6-10,15-18H2,1-5H3,(H,28,34)(H,29,36). The Labute approximate surface area is 224 Å². The van der Waals surface area contributed by atoms with Crippen molar-refractivity contribution >= 4 is 23.9 Å². The van der Waals surface area contributed by atoms with Gasteiger partial charge in [-0.2, -0.15) is 0 Å². The number of carbonyl (C=O) groups is 4. The van der Waals surface area contributed by atoms with E-state index in [0.29, 0.717) is 12.0 Å². The molecule has 214 valence electrons. The zero-order valence-corrected chi connectivity index (χ0v) is 23.1.